The quantitative estimate of drug-likeness (QED) is 0.841. The first-order valence-corrected chi connectivity index (χ1v) is 8.52. The first-order valence-electron chi connectivity index (χ1n) is 6.24. The summed E-state index contributed by atoms with van der Waals surface area (Å²) in [6.45, 7) is 6.22. The Morgan fingerprint density at radius 3 is 2.45 bits per heavy atom. The summed E-state index contributed by atoms with van der Waals surface area (Å²) in [6, 6.07) is 2.72. The highest BCUT2D eigenvalue weighted by Crippen LogP contribution is 2.24. The van der Waals surface area contributed by atoms with Gasteiger partial charge in [-0.3, -0.25) is 0 Å². The Morgan fingerprint density at radius 2 is 1.95 bits per heavy atom. The van der Waals surface area contributed by atoms with Gasteiger partial charge in [0.05, 0.1) is 0 Å². The minimum Gasteiger partial charge on any atom is -0.326 e. The molecule has 7 heteroatoms. The Bertz CT molecular complexity index is 583. The summed E-state index contributed by atoms with van der Waals surface area (Å²) in [4.78, 5) is -0.374. The van der Waals surface area contributed by atoms with Crippen molar-refractivity contribution >= 4 is 26.0 Å². The summed E-state index contributed by atoms with van der Waals surface area (Å²) in [5.41, 5.74) is 5.58. The average molecular weight is 367 g/mol. The first kappa shape index (κ1) is 17.6. The van der Waals surface area contributed by atoms with Gasteiger partial charge in [0.15, 0.2) is 0 Å². The SMILES string of the molecule is CC(C)(C)CCNS(=O)(=O)c1cc(Br)cc(CN)c1F. The zero-order chi connectivity index (χ0) is 15.6. The lowest BCUT2D eigenvalue weighted by Gasteiger charge is -2.18. The number of benzene rings is 1. The van der Waals surface area contributed by atoms with Crippen LogP contribution in [-0.2, 0) is 16.6 Å². The average Bonchev–Trinajstić information content (AvgIpc) is 2.29. The Hall–Kier alpha value is -0.500. The van der Waals surface area contributed by atoms with Crippen molar-refractivity contribution < 1.29 is 12.8 Å². The lowest BCUT2D eigenvalue weighted by Crippen LogP contribution is -2.28. The van der Waals surface area contributed by atoms with Crippen LogP contribution in [0.25, 0.3) is 0 Å². The number of hydrogen-bond donors (Lipinski definition) is 2. The molecule has 0 heterocycles. The summed E-state index contributed by atoms with van der Waals surface area (Å²) in [5, 5.41) is 0. The van der Waals surface area contributed by atoms with Crippen LogP contribution in [0.4, 0.5) is 4.39 Å². The van der Waals surface area contributed by atoms with Crippen LogP contribution in [0.2, 0.25) is 0 Å². The third kappa shape index (κ3) is 4.80. The largest absolute Gasteiger partial charge is 0.326 e. The fourth-order valence-corrected chi connectivity index (χ4v) is 3.43. The van der Waals surface area contributed by atoms with Crippen molar-refractivity contribution in [3.05, 3.63) is 28.0 Å². The van der Waals surface area contributed by atoms with Crippen LogP contribution >= 0.6 is 15.9 Å². The van der Waals surface area contributed by atoms with Crippen molar-refractivity contribution in [3.8, 4) is 0 Å². The van der Waals surface area contributed by atoms with E-state index in [-0.39, 0.29) is 29.0 Å². The molecule has 0 unspecified atom stereocenters. The summed E-state index contributed by atoms with van der Waals surface area (Å²) >= 11 is 3.17. The smallest absolute Gasteiger partial charge is 0.243 e. The third-order valence-electron chi connectivity index (χ3n) is 2.76. The molecule has 0 atom stereocenters. The number of hydrogen-bond acceptors (Lipinski definition) is 3. The van der Waals surface area contributed by atoms with Gasteiger partial charge < -0.3 is 5.73 Å². The molecule has 114 valence electrons. The number of rotatable bonds is 5. The molecule has 0 aliphatic rings. The highest BCUT2D eigenvalue weighted by atomic mass is 79.9. The van der Waals surface area contributed by atoms with Crippen LogP contribution in [-0.4, -0.2) is 15.0 Å². The molecule has 0 bridgehead atoms. The maximum atomic E-state index is 14.1. The van der Waals surface area contributed by atoms with E-state index in [0.29, 0.717) is 10.9 Å². The molecule has 4 nitrogen and oxygen atoms in total. The topological polar surface area (TPSA) is 72.2 Å². The van der Waals surface area contributed by atoms with Gasteiger partial charge in [0.25, 0.3) is 0 Å². The van der Waals surface area contributed by atoms with Crippen molar-refractivity contribution in [3.63, 3.8) is 0 Å². The van der Waals surface area contributed by atoms with Crippen molar-refractivity contribution in [1.82, 2.24) is 4.72 Å². The maximum Gasteiger partial charge on any atom is 0.243 e. The monoisotopic (exact) mass is 366 g/mol. The van der Waals surface area contributed by atoms with Gasteiger partial charge in [-0.15, -0.1) is 0 Å². The van der Waals surface area contributed by atoms with Crippen LogP contribution in [0.15, 0.2) is 21.5 Å². The number of halogens is 2. The van der Waals surface area contributed by atoms with Crippen molar-refractivity contribution in [1.29, 1.82) is 0 Å². The van der Waals surface area contributed by atoms with Gasteiger partial charge in [-0.25, -0.2) is 17.5 Å². The van der Waals surface area contributed by atoms with Crippen LogP contribution in [0.1, 0.15) is 32.8 Å². The maximum absolute atomic E-state index is 14.1. The summed E-state index contributed by atoms with van der Waals surface area (Å²) in [5.74, 6) is -0.793. The van der Waals surface area contributed by atoms with Gasteiger partial charge in [0, 0.05) is 23.1 Å². The molecule has 0 saturated heterocycles. The molecule has 1 rings (SSSR count). The molecule has 0 radical (unpaired) electrons. The zero-order valence-electron chi connectivity index (χ0n) is 11.8. The van der Waals surface area contributed by atoms with E-state index >= 15 is 0 Å². The van der Waals surface area contributed by atoms with Crippen LogP contribution in [0, 0.1) is 11.2 Å². The normalized spacial score (nSPS) is 12.7. The lowest BCUT2D eigenvalue weighted by molar-refractivity contribution is 0.378. The van der Waals surface area contributed by atoms with E-state index in [0.717, 1.165) is 0 Å². The molecular formula is C13H20BrFN2O2S. The number of sulfonamides is 1. The molecule has 0 aliphatic heterocycles. The third-order valence-corrected chi connectivity index (χ3v) is 4.67. The van der Waals surface area contributed by atoms with Crippen molar-refractivity contribution in [2.24, 2.45) is 11.1 Å². The molecule has 0 amide bonds. The standard InChI is InChI=1S/C13H20BrFN2O2S/c1-13(2,3)4-5-17-20(18,19)11-7-10(14)6-9(8-16)12(11)15/h6-7,17H,4-5,8,16H2,1-3H3. The first-order chi connectivity index (χ1) is 9.07. The Morgan fingerprint density at radius 1 is 1.35 bits per heavy atom. The second-order valence-electron chi connectivity index (χ2n) is 5.79. The van der Waals surface area contributed by atoms with Gasteiger partial charge in [0.2, 0.25) is 10.0 Å². The minimum absolute atomic E-state index is 0.000749. The molecule has 0 spiro atoms. The molecule has 0 fully saturated rings. The second-order valence-corrected chi connectivity index (χ2v) is 8.44. The van der Waals surface area contributed by atoms with E-state index in [2.05, 4.69) is 20.7 Å². The molecule has 1 aromatic rings. The van der Waals surface area contributed by atoms with E-state index in [1.807, 2.05) is 20.8 Å². The van der Waals surface area contributed by atoms with E-state index in [1.54, 1.807) is 0 Å². The summed E-state index contributed by atoms with van der Waals surface area (Å²) in [6.07, 6.45) is 0.658. The zero-order valence-corrected chi connectivity index (χ0v) is 14.2. The van der Waals surface area contributed by atoms with Crippen LogP contribution < -0.4 is 10.5 Å². The van der Waals surface area contributed by atoms with Crippen molar-refractivity contribution in [2.45, 2.75) is 38.6 Å². The Balaban J connectivity index is 3.01. The fourth-order valence-electron chi connectivity index (χ4n) is 1.60. The van der Waals surface area contributed by atoms with Crippen molar-refractivity contribution in [2.75, 3.05) is 6.54 Å². The second kappa shape index (κ2) is 6.51. The van der Waals surface area contributed by atoms with Crippen LogP contribution in [0.5, 0.6) is 0 Å². The van der Waals surface area contributed by atoms with Gasteiger partial charge in [0.1, 0.15) is 10.7 Å². The summed E-state index contributed by atoms with van der Waals surface area (Å²) in [7, 11) is -3.88. The molecule has 1 aromatic carbocycles. The van der Waals surface area contributed by atoms with Gasteiger partial charge in [-0.2, -0.15) is 0 Å². The number of nitrogens with two attached hydrogens (primary N) is 1. The number of nitrogens with one attached hydrogen (secondary N) is 1. The molecule has 0 aromatic heterocycles. The Labute approximate surface area is 128 Å². The van der Waals surface area contributed by atoms with Gasteiger partial charge >= 0.3 is 0 Å². The molecule has 3 N–H and O–H groups in total. The molecular weight excluding hydrogens is 347 g/mol. The van der Waals surface area contributed by atoms with Crippen LogP contribution in [0.3, 0.4) is 0 Å². The van der Waals surface area contributed by atoms with Gasteiger partial charge in [-0.1, -0.05) is 36.7 Å². The van der Waals surface area contributed by atoms with E-state index in [1.165, 1.54) is 12.1 Å². The molecule has 20 heavy (non-hydrogen) atoms. The minimum atomic E-state index is -3.88. The predicted molar refractivity (Wildman–Crippen MR) is 81.3 cm³/mol. The van der Waals surface area contributed by atoms with E-state index in [4.69, 9.17) is 5.73 Å². The molecule has 0 aliphatic carbocycles. The Kier molecular flexibility index (Phi) is 5.71. The van der Waals surface area contributed by atoms with E-state index < -0.39 is 15.8 Å². The highest BCUT2D eigenvalue weighted by Gasteiger charge is 2.22. The predicted octanol–water partition coefficient (Wildman–Crippen LogP) is 2.76. The lowest BCUT2D eigenvalue weighted by atomic mass is 9.93. The van der Waals surface area contributed by atoms with E-state index in [9.17, 15) is 12.8 Å². The fraction of sp³-hybridized carbons (Fsp3) is 0.538. The highest BCUT2D eigenvalue weighted by molar-refractivity contribution is 9.10. The summed E-state index contributed by atoms with van der Waals surface area (Å²) < 4.78 is 41.3. The van der Waals surface area contributed by atoms with Gasteiger partial charge in [-0.05, 0) is 24.0 Å². The molecule has 0 saturated carbocycles.